The molecule has 2 saturated heterocycles. The SMILES string of the molecule is O=C(O[C@]12C[C@H]3C(=O)NCC(=O)N3[C@H]1Nc1ccccc12)c1ccccc1. The van der Waals surface area contributed by atoms with Gasteiger partial charge in [0.15, 0.2) is 5.60 Å². The van der Waals surface area contributed by atoms with Crippen molar-refractivity contribution in [3.63, 3.8) is 0 Å². The van der Waals surface area contributed by atoms with Crippen molar-refractivity contribution in [1.29, 1.82) is 0 Å². The largest absolute Gasteiger partial charge is 0.446 e. The summed E-state index contributed by atoms with van der Waals surface area (Å²) in [5, 5.41) is 5.91. The zero-order valence-electron chi connectivity index (χ0n) is 14.3. The van der Waals surface area contributed by atoms with Crippen LogP contribution in [0.2, 0.25) is 0 Å². The van der Waals surface area contributed by atoms with Crippen molar-refractivity contribution < 1.29 is 19.1 Å². The molecule has 7 heteroatoms. The van der Waals surface area contributed by atoms with Crippen LogP contribution in [-0.4, -0.2) is 41.4 Å². The third-order valence-electron chi connectivity index (χ3n) is 5.52. The summed E-state index contributed by atoms with van der Waals surface area (Å²) in [6.45, 7) is -0.0490. The molecule has 0 aromatic heterocycles. The maximum atomic E-state index is 12.9. The number of nitrogens with one attached hydrogen (secondary N) is 2. The number of para-hydroxylation sites is 1. The molecule has 3 aliphatic rings. The van der Waals surface area contributed by atoms with Crippen LogP contribution in [0.15, 0.2) is 54.6 Å². The Morgan fingerprint density at radius 1 is 1.07 bits per heavy atom. The summed E-state index contributed by atoms with van der Waals surface area (Å²) in [5.74, 6) is -0.896. The molecule has 2 fully saturated rings. The second-order valence-electron chi connectivity index (χ2n) is 6.98. The van der Waals surface area contributed by atoms with Crippen LogP contribution in [0.25, 0.3) is 0 Å². The van der Waals surface area contributed by atoms with Crippen LogP contribution >= 0.6 is 0 Å². The third kappa shape index (κ3) is 2.17. The maximum Gasteiger partial charge on any atom is 0.339 e. The highest BCUT2D eigenvalue weighted by molar-refractivity contribution is 5.97. The Bertz CT molecular complexity index is 961. The number of anilines is 1. The van der Waals surface area contributed by atoms with Gasteiger partial charge in [-0.05, 0) is 18.2 Å². The van der Waals surface area contributed by atoms with E-state index in [1.54, 1.807) is 24.3 Å². The first kappa shape index (κ1) is 15.9. The number of carbonyl (C=O) groups excluding carboxylic acids is 3. The molecule has 136 valence electrons. The van der Waals surface area contributed by atoms with Crippen molar-refractivity contribution in [1.82, 2.24) is 10.2 Å². The minimum absolute atomic E-state index is 0.0490. The summed E-state index contributed by atoms with van der Waals surface area (Å²) in [7, 11) is 0. The van der Waals surface area contributed by atoms with Crippen molar-refractivity contribution in [2.75, 3.05) is 11.9 Å². The second kappa shape index (κ2) is 5.57. The van der Waals surface area contributed by atoms with E-state index in [-0.39, 0.29) is 24.8 Å². The predicted molar refractivity (Wildman–Crippen MR) is 95.6 cm³/mol. The number of ether oxygens (including phenoxy) is 1. The van der Waals surface area contributed by atoms with Gasteiger partial charge in [0.25, 0.3) is 0 Å². The number of piperazine rings is 1. The fourth-order valence-corrected chi connectivity index (χ4v) is 4.33. The quantitative estimate of drug-likeness (QED) is 0.784. The number of rotatable bonds is 2. The van der Waals surface area contributed by atoms with E-state index in [1.807, 2.05) is 30.3 Å². The lowest BCUT2D eigenvalue weighted by Crippen LogP contribution is -2.59. The van der Waals surface area contributed by atoms with E-state index in [2.05, 4.69) is 10.6 Å². The minimum Gasteiger partial charge on any atom is -0.446 e. The van der Waals surface area contributed by atoms with Crippen LogP contribution in [0.3, 0.4) is 0 Å². The van der Waals surface area contributed by atoms with Crippen molar-refractivity contribution >= 4 is 23.5 Å². The number of fused-ring (bicyclic) bond motifs is 5. The highest BCUT2D eigenvalue weighted by atomic mass is 16.6. The van der Waals surface area contributed by atoms with Crippen LogP contribution in [0.5, 0.6) is 0 Å². The maximum absolute atomic E-state index is 12.9. The molecular formula is C20H17N3O4. The van der Waals surface area contributed by atoms with E-state index in [0.717, 1.165) is 11.3 Å². The summed E-state index contributed by atoms with van der Waals surface area (Å²) in [4.78, 5) is 39.3. The molecular weight excluding hydrogens is 346 g/mol. The first-order chi connectivity index (χ1) is 13.1. The van der Waals surface area contributed by atoms with E-state index in [1.165, 1.54) is 4.90 Å². The molecule has 5 rings (SSSR count). The monoisotopic (exact) mass is 363 g/mol. The summed E-state index contributed by atoms with van der Waals surface area (Å²) in [5.41, 5.74) is 0.913. The lowest BCUT2D eigenvalue weighted by atomic mass is 9.90. The zero-order valence-corrected chi connectivity index (χ0v) is 14.3. The number of nitrogens with zero attached hydrogens (tertiary/aromatic N) is 1. The lowest BCUT2D eigenvalue weighted by molar-refractivity contribution is -0.145. The molecule has 0 saturated carbocycles. The van der Waals surface area contributed by atoms with Crippen LogP contribution in [0.1, 0.15) is 22.3 Å². The van der Waals surface area contributed by atoms with Crippen molar-refractivity contribution in [2.24, 2.45) is 0 Å². The fourth-order valence-electron chi connectivity index (χ4n) is 4.33. The average Bonchev–Trinajstić information content (AvgIpc) is 3.17. The molecule has 2 aromatic carbocycles. The number of benzene rings is 2. The molecule has 3 aliphatic heterocycles. The molecule has 2 N–H and O–H groups in total. The summed E-state index contributed by atoms with van der Waals surface area (Å²) >= 11 is 0. The Hall–Kier alpha value is -3.35. The standard InChI is InChI=1S/C20H17N3O4/c24-16-11-21-17(25)15-10-20(27-18(26)12-6-2-1-3-7-12)13-8-4-5-9-14(13)22-19(20)23(15)16/h1-9,15,19,22H,10-11H2,(H,21,25)/t15-,19+,20-/m0/s1. The molecule has 2 aromatic rings. The summed E-state index contributed by atoms with van der Waals surface area (Å²) in [6.07, 6.45) is -0.385. The molecule has 0 spiro atoms. The Morgan fingerprint density at radius 2 is 1.81 bits per heavy atom. The first-order valence-corrected chi connectivity index (χ1v) is 8.83. The van der Waals surface area contributed by atoms with Crippen molar-refractivity contribution in [3.8, 4) is 0 Å². The van der Waals surface area contributed by atoms with Gasteiger partial charge in [-0.25, -0.2) is 4.79 Å². The molecule has 3 atom stereocenters. The predicted octanol–water partition coefficient (Wildman–Crippen LogP) is 1.22. The summed E-state index contributed by atoms with van der Waals surface area (Å²) < 4.78 is 6.05. The Labute approximate surface area is 155 Å². The highest BCUT2D eigenvalue weighted by Gasteiger charge is 2.64. The molecule has 3 heterocycles. The van der Waals surface area contributed by atoms with Gasteiger partial charge in [-0.2, -0.15) is 0 Å². The molecule has 0 bridgehead atoms. The molecule has 0 aliphatic carbocycles. The topological polar surface area (TPSA) is 87.7 Å². The van der Waals surface area contributed by atoms with E-state index < -0.39 is 23.8 Å². The number of hydrogen-bond donors (Lipinski definition) is 2. The molecule has 0 radical (unpaired) electrons. The number of hydrogen-bond acceptors (Lipinski definition) is 5. The van der Waals surface area contributed by atoms with Crippen LogP contribution in [0.4, 0.5) is 5.69 Å². The van der Waals surface area contributed by atoms with Gasteiger partial charge in [0.05, 0.1) is 12.1 Å². The van der Waals surface area contributed by atoms with Gasteiger partial charge in [0.1, 0.15) is 12.2 Å². The molecule has 0 unspecified atom stereocenters. The average molecular weight is 363 g/mol. The van der Waals surface area contributed by atoms with Crippen molar-refractivity contribution in [3.05, 3.63) is 65.7 Å². The number of esters is 1. The van der Waals surface area contributed by atoms with Gasteiger partial charge in [0, 0.05) is 17.7 Å². The van der Waals surface area contributed by atoms with Crippen LogP contribution in [-0.2, 0) is 19.9 Å². The second-order valence-corrected chi connectivity index (χ2v) is 6.98. The normalized spacial score (nSPS) is 27.9. The van der Waals surface area contributed by atoms with E-state index >= 15 is 0 Å². The van der Waals surface area contributed by atoms with Gasteiger partial charge in [-0.3, -0.25) is 9.59 Å². The molecule has 7 nitrogen and oxygen atoms in total. The van der Waals surface area contributed by atoms with E-state index in [4.69, 9.17) is 4.74 Å². The molecule has 2 amide bonds. The highest BCUT2D eigenvalue weighted by Crippen LogP contribution is 2.52. The van der Waals surface area contributed by atoms with Gasteiger partial charge >= 0.3 is 5.97 Å². The number of amides is 2. The van der Waals surface area contributed by atoms with Gasteiger partial charge in [0.2, 0.25) is 11.8 Å². The van der Waals surface area contributed by atoms with E-state index in [9.17, 15) is 14.4 Å². The van der Waals surface area contributed by atoms with Crippen LogP contribution < -0.4 is 10.6 Å². The fraction of sp³-hybridized carbons (Fsp3) is 0.250. The Balaban J connectivity index is 1.60. The molecule has 27 heavy (non-hydrogen) atoms. The Kier molecular flexibility index (Phi) is 3.28. The van der Waals surface area contributed by atoms with E-state index in [0.29, 0.717) is 5.56 Å². The first-order valence-electron chi connectivity index (χ1n) is 8.83. The Morgan fingerprint density at radius 3 is 2.63 bits per heavy atom. The van der Waals surface area contributed by atoms with Gasteiger partial charge < -0.3 is 20.3 Å². The minimum atomic E-state index is -1.11. The third-order valence-corrected chi connectivity index (χ3v) is 5.52. The summed E-state index contributed by atoms with van der Waals surface area (Å²) in [6, 6.07) is 15.6. The van der Waals surface area contributed by atoms with Gasteiger partial charge in [-0.15, -0.1) is 0 Å². The van der Waals surface area contributed by atoms with Crippen molar-refractivity contribution in [2.45, 2.75) is 24.2 Å². The van der Waals surface area contributed by atoms with Gasteiger partial charge in [-0.1, -0.05) is 36.4 Å². The zero-order chi connectivity index (χ0) is 18.6. The number of carbonyl (C=O) groups is 3. The lowest BCUT2D eigenvalue weighted by Gasteiger charge is -2.34. The van der Waals surface area contributed by atoms with Crippen LogP contribution in [0, 0.1) is 0 Å². The smallest absolute Gasteiger partial charge is 0.339 e.